The number of nitrogens with zero attached hydrogens (tertiary/aromatic N) is 1. The van der Waals surface area contributed by atoms with E-state index >= 15 is 0 Å². The first-order valence-corrected chi connectivity index (χ1v) is 10.2. The molecule has 0 unspecified atom stereocenters. The van der Waals surface area contributed by atoms with Gasteiger partial charge in [-0.05, 0) is 37.0 Å². The van der Waals surface area contributed by atoms with Gasteiger partial charge in [-0.2, -0.15) is 4.31 Å². The van der Waals surface area contributed by atoms with Crippen molar-refractivity contribution in [1.29, 1.82) is 0 Å². The molecule has 6 nitrogen and oxygen atoms in total. The molecule has 0 radical (unpaired) electrons. The van der Waals surface area contributed by atoms with Crippen LogP contribution < -0.4 is 4.72 Å². The lowest BCUT2D eigenvalue weighted by molar-refractivity contribution is 0.477. The van der Waals surface area contributed by atoms with Crippen LogP contribution in [0.3, 0.4) is 0 Å². The van der Waals surface area contributed by atoms with Crippen LogP contribution in [-0.2, 0) is 26.5 Å². The highest BCUT2D eigenvalue weighted by Crippen LogP contribution is 2.21. The minimum atomic E-state index is -3.38. The Labute approximate surface area is 126 Å². The molecule has 118 valence electrons. The average molecular weight is 332 g/mol. The molecule has 0 spiro atoms. The van der Waals surface area contributed by atoms with E-state index in [1.54, 1.807) is 24.3 Å². The first-order valence-electron chi connectivity index (χ1n) is 6.83. The molecule has 0 amide bonds. The number of rotatable bonds is 6. The van der Waals surface area contributed by atoms with Crippen LogP contribution in [0.15, 0.2) is 29.2 Å². The van der Waals surface area contributed by atoms with Crippen LogP contribution in [0.5, 0.6) is 0 Å². The molecule has 1 aromatic carbocycles. The first kappa shape index (κ1) is 16.4. The summed E-state index contributed by atoms with van der Waals surface area (Å²) in [6, 6.07) is 6.63. The van der Waals surface area contributed by atoms with E-state index in [4.69, 9.17) is 0 Å². The summed E-state index contributed by atoms with van der Waals surface area (Å²) in [5.41, 5.74) is 0.895. The van der Waals surface area contributed by atoms with Crippen molar-refractivity contribution in [1.82, 2.24) is 9.03 Å². The van der Waals surface area contributed by atoms with E-state index < -0.39 is 20.0 Å². The van der Waals surface area contributed by atoms with Crippen LogP contribution in [0, 0.1) is 0 Å². The Kier molecular flexibility index (Phi) is 5.03. The van der Waals surface area contributed by atoms with E-state index in [2.05, 4.69) is 4.72 Å². The largest absolute Gasteiger partial charge is 0.243 e. The predicted octanol–water partition coefficient (Wildman–Crippen LogP) is 0.563. The van der Waals surface area contributed by atoms with E-state index in [1.165, 1.54) is 4.31 Å². The summed E-state index contributed by atoms with van der Waals surface area (Å²) >= 11 is 0. The summed E-state index contributed by atoms with van der Waals surface area (Å²) in [6.07, 6.45) is 3.46. The average Bonchev–Trinajstić information content (AvgIpc) is 2.92. The maximum Gasteiger partial charge on any atom is 0.243 e. The SMILES string of the molecule is CS(=O)(=O)NCCc1ccc(S(=O)(=O)N2CCCC2)cc1. The lowest BCUT2D eigenvalue weighted by atomic mass is 10.2. The zero-order valence-corrected chi connectivity index (χ0v) is 13.6. The summed E-state index contributed by atoms with van der Waals surface area (Å²) in [4.78, 5) is 0.296. The van der Waals surface area contributed by atoms with Crippen molar-refractivity contribution in [2.45, 2.75) is 24.2 Å². The summed E-state index contributed by atoms with van der Waals surface area (Å²) in [7, 11) is -6.57. The maximum absolute atomic E-state index is 12.3. The van der Waals surface area contributed by atoms with Crippen LogP contribution >= 0.6 is 0 Å². The molecule has 0 saturated carbocycles. The van der Waals surface area contributed by atoms with Gasteiger partial charge in [0.1, 0.15) is 0 Å². The highest BCUT2D eigenvalue weighted by Gasteiger charge is 2.26. The van der Waals surface area contributed by atoms with E-state index in [-0.39, 0.29) is 0 Å². The fourth-order valence-corrected chi connectivity index (χ4v) is 4.28. The van der Waals surface area contributed by atoms with Crippen molar-refractivity contribution in [2.24, 2.45) is 0 Å². The Bertz CT molecular complexity index is 675. The molecule has 1 aliphatic rings. The smallest absolute Gasteiger partial charge is 0.215 e. The Morgan fingerprint density at radius 2 is 1.62 bits per heavy atom. The summed E-state index contributed by atoms with van der Waals surface area (Å²) in [5.74, 6) is 0. The lowest BCUT2D eigenvalue weighted by Gasteiger charge is -2.15. The van der Waals surface area contributed by atoms with Crippen molar-refractivity contribution in [3.8, 4) is 0 Å². The molecule has 0 aliphatic carbocycles. The fourth-order valence-electron chi connectivity index (χ4n) is 2.29. The third kappa shape index (κ3) is 4.50. The van der Waals surface area contributed by atoms with Gasteiger partial charge in [0.25, 0.3) is 0 Å². The van der Waals surface area contributed by atoms with Crippen LogP contribution in [0.4, 0.5) is 0 Å². The fraction of sp³-hybridized carbons (Fsp3) is 0.538. The molecule has 1 saturated heterocycles. The predicted molar refractivity (Wildman–Crippen MR) is 81.0 cm³/mol. The number of benzene rings is 1. The number of nitrogens with one attached hydrogen (secondary N) is 1. The highest BCUT2D eigenvalue weighted by molar-refractivity contribution is 7.89. The molecule has 0 atom stereocenters. The van der Waals surface area contributed by atoms with Crippen molar-refractivity contribution < 1.29 is 16.8 Å². The molecule has 1 fully saturated rings. The van der Waals surface area contributed by atoms with Gasteiger partial charge in [0, 0.05) is 19.6 Å². The van der Waals surface area contributed by atoms with Gasteiger partial charge in [-0.1, -0.05) is 12.1 Å². The highest BCUT2D eigenvalue weighted by atomic mass is 32.2. The molecular weight excluding hydrogens is 312 g/mol. The van der Waals surface area contributed by atoms with Crippen molar-refractivity contribution >= 4 is 20.0 Å². The molecule has 1 aromatic rings. The molecule has 0 aromatic heterocycles. The molecular formula is C13H20N2O4S2. The van der Waals surface area contributed by atoms with Crippen LogP contribution in [0.25, 0.3) is 0 Å². The summed E-state index contributed by atoms with van der Waals surface area (Å²) < 4.78 is 50.5. The number of hydrogen-bond acceptors (Lipinski definition) is 4. The van der Waals surface area contributed by atoms with Crippen LogP contribution in [0.2, 0.25) is 0 Å². The van der Waals surface area contributed by atoms with Crippen LogP contribution in [0.1, 0.15) is 18.4 Å². The molecule has 1 N–H and O–H groups in total. The van der Waals surface area contributed by atoms with Crippen molar-refractivity contribution in [2.75, 3.05) is 25.9 Å². The third-order valence-corrected chi connectivity index (χ3v) is 6.05. The zero-order valence-electron chi connectivity index (χ0n) is 11.9. The van der Waals surface area contributed by atoms with Gasteiger partial charge >= 0.3 is 0 Å². The standard InChI is InChI=1S/C13H20N2O4S2/c1-20(16,17)14-9-8-12-4-6-13(7-5-12)21(18,19)15-10-2-3-11-15/h4-7,14H,2-3,8-11H2,1H3. The number of hydrogen-bond donors (Lipinski definition) is 1. The van der Waals surface area contributed by atoms with Crippen molar-refractivity contribution in [3.05, 3.63) is 29.8 Å². The monoisotopic (exact) mass is 332 g/mol. The summed E-state index contributed by atoms with van der Waals surface area (Å²) in [6.45, 7) is 1.47. The molecule has 1 aliphatic heterocycles. The quantitative estimate of drug-likeness (QED) is 0.825. The van der Waals surface area contributed by atoms with E-state index in [1.807, 2.05) is 0 Å². The molecule has 1 heterocycles. The molecule has 2 rings (SSSR count). The zero-order chi connectivity index (χ0) is 15.5. The normalized spacial score (nSPS) is 17.2. The Morgan fingerprint density at radius 3 is 2.14 bits per heavy atom. The minimum Gasteiger partial charge on any atom is -0.215 e. The van der Waals surface area contributed by atoms with Gasteiger partial charge in [0.05, 0.1) is 11.2 Å². The number of sulfonamides is 2. The van der Waals surface area contributed by atoms with Crippen LogP contribution in [-0.4, -0.2) is 47.0 Å². The third-order valence-electron chi connectivity index (χ3n) is 3.40. The van der Waals surface area contributed by atoms with Gasteiger partial charge in [-0.3, -0.25) is 0 Å². The van der Waals surface area contributed by atoms with Gasteiger partial charge < -0.3 is 0 Å². The molecule has 8 heteroatoms. The van der Waals surface area contributed by atoms with Gasteiger partial charge in [0.15, 0.2) is 0 Å². The molecule has 21 heavy (non-hydrogen) atoms. The van der Waals surface area contributed by atoms with E-state index in [9.17, 15) is 16.8 Å². The van der Waals surface area contributed by atoms with E-state index in [0.29, 0.717) is 31.0 Å². The summed E-state index contributed by atoms with van der Waals surface area (Å²) in [5, 5.41) is 0. The Morgan fingerprint density at radius 1 is 1.05 bits per heavy atom. The van der Waals surface area contributed by atoms with E-state index in [0.717, 1.165) is 24.7 Å². The van der Waals surface area contributed by atoms with Gasteiger partial charge in [0.2, 0.25) is 20.0 Å². The topological polar surface area (TPSA) is 83.5 Å². The van der Waals surface area contributed by atoms with Gasteiger partial charge in [-0.15, -0.1) is 0 Å². The molecule has 0 bridgehead atoms. The second-order valence-electron chi connectivity index (χ2n) is 5.17. The van der Waals surface area contributed by atoms with Crippen molar-refractivity contribution in [3.63, 3.8) is 0 Å². The second kappa shape index (κ2) is 6.43. The first-order chi connectivity index (χ1) is 9.79. The van der Waals surface area contributed by atoms with Gasteiger partial charge in [-0.25, -0.2) is 21.6 Å². The Hall–Kier alpha value is -0.960. The Balaban J connectivity index is 2.01. The second-order valence-corrected chi connectivity index (χ2v) is 8.94. The minimum absolute atomic E-state index is 0.296. The maximum atomic E-state index is 12.3. The lowest BCUT2D eigenvalue weighted by Crippen LogP contribution is -2.27.